The highest BCUT2D eigenvalue weighted by Gasteiger charge is 2.19. The summed E-state index contributed by atoms with van der Waals surface area (Å²) in [5.74, 6) is -0.201. The molecular formula is C23H24N4O4. The van der Waals surface area contributed by atoms with Crippen molar-refractivity contribution in [3.05, 3.63) is 80.5 Å². The zero-order chi connectivity index (χ0) is 21.8. The van der Waals surface area contributed by atoms with Crippen LogP contribution in [0.15, 0.2) is 58.1 Å². The van der Waals surface area contributed by atoms with Gasteiger partial charge in [-0.3, -0.25) is 23.9 Å². The topological polar surface area (TPSA) is 104 Å². The van der Waals surface area contributed by atoms with Gasteiger partial charge in [0.25, 0.3) is 11.5 Å². The van der Waals surface area contributed by atoms with Gasteiger partial charge in [0.2, 0.25) is 5.91 Å². The van der Waals surface area contributed by atoms with E-state index in [2.05, 4.69) is 10.3 Å². The average molecular weight is 420 g/mol. The number of aromatic amines is 1. The predicted molar refractivity (Wildman–Crippen MR) is 117 cm³/mol. The van der Waals surface area contributed by atoms with Crippen molar-refractivity contribution in [2.24, 2.45) is 0 Å². The molecule has 8 heteroatoms. The smallest absolute Gasteiger partial charge is 0.328 e. The number of fused-ring (bicyclic) bond motifs is 1. The summed E-state index contributed by atoms with van der Waals surface area (Å²) in [6, 6.07) is 14.1. The van der Waals surface area contributed by atoms with Gasteiger partial charge < -0.3 is 10.2 Å². The van der Waals surface area contributed by atoms with Crippen LogP contribution < -0.4 is 16.6 Å². The lowest BCUT2D eigenvalue weighted by Crippen LogP contribution is -2.32. The Morgan fingerprint density at radius 3 is 2.58 bits per heavy atom. The van der Waals surface area contributed by atoms with Gasteiger partial charge in [-0.05, 0) is 42.7 Å². The number of aryl methyl sites for hydroxylation is 1. The Morgan fingerprint density at radius 1 is 1.00 bits per heavy atom. The van der Waals surface area contributed by atoms with Crippen molar-refractivity contribution < 1.29 is 9.59 Å². The second-order valence-electron chi connectivity index (χ2n) is 7.65. The van der Waals surface area contributed by atoms with Crippen LogP contribution in [0.4, 0.5) is 0 Å². The molecule has 160 valence electrons. The zero-order valence-corrected chi connectivity index (χ0v) is 17.1. The molecule has 0 aliphatic carbocycles. The molecule has 1 aliphatic rings. The number of aromatic nitrogens is 2. The third-order valence-electron chi connectivity index (χ3n) is 5.52. The van der Waals surface area contributed by atoms with E-state index in [1.54, 1.807) is 36.4 Å². The molecule has 4 rings (SSSR count). The lowest BCUT2D eigenvalue weighted by Gasteiger charge is -2.15. The van der Waals surface area contributed by atoms with E-state index >= 15 is 0 Å². The van der Waals surface area contributed by atoms with Gasteiger partial charge >= 0.3 is 5.69 Å². The Balaban J connectivity index is 1.38. The largest absolute Gasteiger partial charge is 0.352 e. The van der Waals surface area contributed by atoms with Gasteiger partial charge in [0.05, 0.1) is 10.9 Å². The second-order valence-corrected chi connectivity index (χ2v) is 7.65. The maximum atomic E-state index is 12.5. The van der Waals surface area contributed by atoms with Crippen LogP contribution in [-0.4, -0.2) is 39.4 Å². The predicted octanol–water partition coefficient (Wildman–Crippen LogP) is 1.63. The summed E-state index contributed by atoms with van der Waals surface area (Å²) >= 11 is 0. The molecule has 0 radical (unpaired) electrons. The highest BCUT2D eigenvalue weighted by molar-refractivity contribution is 5.94. The first-order valence-corrected chi connectivity index (χ1v) is 10.4. The van der Waals surface area contributed by atoms with Gasteiger partial charge in [-0.25, -0.2) is 4.79 Å². The molecule has 8 nitrogen and oxygen atoms in total. The molecule has 31 heavy (non-hydrogen) atoms. The summed E-state index contributed by atoms with van der Waals surface area (Å²) in [4.78, 5) is 53.2. The SMILES string of the molecule is O=C(CCn1c(=O)[nH]c(=O)c2ccccc21)NCc1cccc(C(=O)N2CCCC2)c1. The van der Waals surface area contributed by atoms with Gasteiger partial charge in [0, 0.05) is 38.2 Å². The van der Waals surface area contributed by atoms with Crippen molar-refractivity contribution in [2.75, 3.05) is 13.1 Å². The molecule has 2 heterocycles. The Bertz CT molecular complexity index is 1240. The maximum absolute atomic E-state index is 12.5. The number of nitrogens with one attached hydrogen (secondary N) is 2. The van der Waals surface area contributed by atoms with Gasteiger partial charge in [-0.1, -0.05) is 24.3 Å². The third-order valence-corrected chi connectivity index (χ3v) is 5.52. The highest BCUT2D eigenvalue weighted by Crippen LogP contribution is 2.14. The van der Waals surface area contributed by atoms with Crippen LogP contribution in [0.25, 0.3) is 10.9 Å². The summed E-state index contributed by atoms with van der Waals surface area (Å²) in [6.45, 7) is 2.02. The zero-order valence-electron chi connectivity index (χ0n) is 17.1. The van der Waals surface area contributed by atoms with E-state index in [1.165, 1.54) is 4.57 Å². The average Bonchev–Trinajstić information content (AvgIpc) is 3.32. The molecule has 1 aromatic heterocycles. The number of hydrogen-bond acceptors (Lipinski definition) is 4. The minimum Gasteiger partial charge on any atom is -0.352 e. The molecule has 0 atom stereocenters. The van der Waals surface area contributed by atoms with Crippen LogP contribution in [0.3, 0.4) is 0 Å². The van der Waals surface area contributed by atoms with Crippen LogP contribution in [0, 0.1) is 0 Å². The molecule has 0 saturated carbocycles. The fourth-order valence-corrected chi connectivity index (χ4v) is 3.88. The Kier molecular flexibility index (Phi) is 5.97. The van der Waals surface area contributed by atoms with E-state index in [0.717, 1.165) is 31.5 Å². The second kappa shape index (κ2) is 8.99. The molecule has 2 N–H and O–H groups in total. The molecule has 2 aromatic carbocycles. The molecule has 0 unspecified atom stereocenters. The standard InChI is InChI=1S/C23H24N4O4/c28-20(10-13-27-19-9-2-1-8-18(19)21(29)25-23(27)31)24-15-16-6-5-7-17(14-16)22(30)26-11-3-4-12-26/h1-2,5-9,14H,3-4,10-13,15H2,(H,24,28)(H,25,29,31). The molecular weight excluding hydrogens is 396 g/mol. The number of nitrogens with zero attached hydrogens (tertiary/aromatic N) is 2. The molecule has 0 bridgehead atoms. The number of rotatable bonds is 6. The van der Waals surface area contributed by atoms with E-state index in [1.807, 2.05) is 17.0 Å². The van der Waals surface area contributed by atoms with E-state index in [0.29, 0.717) is 23.0 Å². The third kappa shape index (κ3) is 4.58. The van der Waals surface area contributed by atoms with Crippen molar-refractivity contribution in [1.29, 1.82) is 0 Å². The Labute approximate surface area is 178 Å². The van der Waals surface area contributed by atoms with Crippen molar-refractivity contribution in [3.63, 3.8) is 0 Å². The van der Waals surface area contributed by atoms with Crippen molar-refractivity contribution in [1.82, 2.24) is 19.8 Å². The van der Waals surface area contributed by atoms with Gasteiger partial charge in [-0.2, -0.15) is 0 Å². The number of carbonyl (C=O) groups excluding carboxylic acids is 2. The maximum Gasteiger partial charge on any atom is 0.328 e. The first-order valence-electron chi connectivity index (χ1n) is 10.4. The number of para-hydroxylation sites is 1. The fraction of sp³-hybridized carbons (Fsp3) is 0.304. The lowest BCUT2D eigenvalue weighted by atomic mass is 10.1. The van der Waals surface area contributed by atoms with Crippen molar-refractivity contribution in [2.45, 2.75) is 32.4 Å². The number of amides is 2. The van der Waals surface area contributed by atoms with Gasteiger partial charge in [-0.15, -0.1) is 0 Å². The van der Waals surface area contributed by atoms with E-state index in [4.69, 9.17) is 0 Å². The number of H-pyrrole nitrogens is 1. The molecule has 0 spiro atoms. The fourth-order valence-electron chi connectivity index (χ4n) is 3.88. The monoisotopic (exact) mass is 420 g/mol. The van der Waals surface area contributed by atoms with Crippen molar-refractivity contribution >= 4 is 22.7 Å². The molecule has 1 saturated heterocycles. The molecule has 1 fully saturated rings. The molecule has 3 aromatic rings. The van der Waals surface area contributed by atoms with Crippen LogP contribution in [0.5, 0.6) is 0 Å². The van der Waals surface area contributed by atoms with E-state index in [9.17, 15) is 19.2 Å². The molecule has 2 amide bonds. The summed E-state index contributed by atoms with van der Waals surface area (Å²) < 4.78 is 1.39. The quantitative estimate of drug-likeness (QED) is 0.632. The van der Waals surface area contributed by atoms with Gasteiger partial charge in [0.15, 0.2) is 0 Å². The lowest BCUT2D eigenvalue weighted by molar-refractivity contribution is -0.121. The summed E-state index contributed by atoms with van der Waals surface area (Å²) in [6.07, 6.45) is 2.16. The van der Waals surface area contributed by atoms with Crippen LogP contribution in [0.2, 0.25) is 0 Å². The van der Waals surface area contributed by atoms with Gasteiger partial charge in [0.1, 0.15) is 0 Å². The molecule has 1 aliphatic heterocycles. The highest BCUT2D eigenvalue weighted by atomic mass is 16.2. The first-order chi connectivity index (χ1) is 15.0. The Hall–Kier alpha value is -3.68. The van der Waals surface area contributed by atoms with Crippen molar-refractivity contribution in [3.8, 4) is 0 Å². The Morgan fingerprint density at radius 2 is 1.77 bits per heavy atom. The first kappa shape index (κ1) is 20.6. The summed E-state index contributed by atoms with van der Waals surface area (Å²) in [7, 11) is 0. The van der Waals surface area contributed by atoms with E-state index < -0.39 is 11.2 Å². The number of hydrogen-bond donors (Lipinski definition) is 2. The number of likely N-dealkylation sites (tertiary alicyclic amines) is 1. The normalized spacial score (nSPS) is 13.5. The minimum atomic E-state index is -0.537. The minimum absolute atomic E-state index is 0.0231. The van der Waals surface area contributed by atoms with Crippen LogP contribution in [0.1, 0.15) is 35.2 Å². The summed E-state index contributed by atoms with van der Waals surface area (Å²) in [5.41, 5.74) is 0.983. The van der Waals surface area contributed by atoms with Crippen LogP contribution in [-0.2, 0) is 17.9 Å². The number of carbonyl (C=O) groups is 2. The van der Waals surface area contributed by atoms with E-state index in [-0.39, 0.29) is 24.8 Å². The van der Waals surface area contributed by atoms with Crippen LogP contribution >= 0.6 is 0 Å². The summed E-state index contributed by atoms with van der Waals surface area (Å²) in [5, 5.41) is 3.24. The number of benzene rings is 2.